The fourth-order valence-corrected chi connectivity index (χ4v) is 3.08. The molecule has 1 N–H and O–H groups in total. The van der Waals surface area contributed by atoms with E-state index in [1.807, 2.05) is 18.2 Å². The van der Waals surface area contributed by atoms with Crippen LogP contribution in [0, 0.1) is 0 Å². The lowest BCUT2D eigenvalue weighted by Gasteiger charge is -2.35. The molecule has 0 spiro atoms. The minimum absolute atomic E-state index is 0.375. The molecular weight excluding hydrogens is 318 g/mol. The number of Topliss-reactive ketones (excluding diaryl/α,β-unsaturated/α-hetero) is 1. The van der Waals surface area contributed by atoms with Gasteiger partial charge < -0.3 is 14.8 Å². The van der Waals surface area contributed by atoms with Crippen LogP contribution in [-0.2, 0) is 4.79 Å². The normalized spacial score (nSPS) is 14.7. The number of ketones is 1. The molecule has 0 atom stereocenters. The second-order valence-electron chi connectivity index (χ2n) is 5.90. The Labute approximate surface area is 144 Å². The highest BCUT2D eigenvalue weighted by Gasteiger charge is 2.28. The highest BCUT2D eigenvalue weighted by molar-refractivity contribution is 6.44. The number of aromatic amines is 1. The number of hydrogen-bond acceptors (Lipinski definition) is 5. The molecule has 0 unspecified atom stereocenters. The number of piperazine rings is 1. The number of carbonyl (C=O) groups is 2. The van der Waals surface area contributed by atoms with E-state index in [4.69, 9.17) is 0 Å². The van der Waals surface area contributed by atoms with Gasteiger partial charge in [-0.1, -0.05) is 6.07 Å². The average Bonchev–Trinajstić information content (AvgIpc) is 3.12. The topological polar surface area (TPSA) is 82.2 Å². The molecule has 1 saturated heterocycles. The van der Waals surface area contributed by atoms with Gasteiger partial charge in [0.1, 0.15) is 11.5 Å². The lowest BCUT2D eigenvalue weighted by atomic mass is 10.1. The van der Waals surface area contributed by atoms with Gasteiger partial charge in [-0.2, -0.15) is 0 Å². The molecule has 7 nitrogen and oxygen atoms in total. The molecule has 4 rings (SSSR count). The van der Waals surface area contributed by atoms with Gasteiger partial charge in [0, 0.05) is 50.2 Å². The van der Waals surface area contributed by atoms with Crippen LogP contribution in [0.5, 0.6) is 0 Å². The van der Waals surface area contributed by atoms with Gasteiger partial charge >= 0.3 is 0 Å². The second kappa shape index (κ2) is 6.35. The van der Waals surface area contributed by atoms with Gasteiger partial charge in [0.25, 0.3) is 11.7 Å². The van der Waals surface area contributed by atoms with Crippen molar-refractivity contribution in [1.29, 1.82) is 0 Å². The number of anilines is 1. The minimum atomic E-state index is -0.495. The number of H-pyrrole nitrogens is 1. The van der Waals surface area contributed by atoms with Crippen LogP contribution in [0.25, 0.3) is 11.0 Å². The maximum Gasteiger partial charge on any atom is 0.295 e. The Morgan fingerprint density at radius 1 is 0.960 bits per heavy atom. The average molecular weight is 335 g/mol. The van der Waals surface area contributed by atoms with Gasteiger partial charge in [-0.3, -0.25) is 9.59 Å². The number of carbonyl (C=O) groups excluding carboxylic acids is 2. The van der Waals surface area contributed by atoms with Crippen molar-refractivity contribution in [1.82, 2.24) is 19.9 Å². The molecule has 1 fully saturated rings. The largest absolute Gasteiger partial charge is 0.353 e. The van der Waals surface area contributed by atoms with Crippen LogP contribution < -0.4 is 4.90 Å². The fraction of sp³-hybridized carbons (Fsp3) is 0.222. The number of amides is 1. The first-order valence-electron chi connectivity index (χ1n) is 8.16. The summed E-state index contributed by atoms with van der Waals surface area (Å²) < 4.78 is 0. The number of rotatable bonds is 3. The van der Waals surface area contributed by atoms with Crippen molar-refractivity contribution in [3.05, 3.63) is 54.5 Å². The van der Waals surface area contributed by atoms with Crippen LogP contribution in [-0.4, -0.2) is 57.7 Å². The van der Waals surface area contributed by atoms with E-state index in [1.165, 1.54) is 0 Å². The van der Waals surface area contributed by atoms with E-state index in [1.54, 1.807) is 35.6 Å². The summed E-state index contributed by atoms with van der Waals surface area (Å²) in [5.41, 5.74) is 0.985. The quantitative estimate of drug-likeness (QED) is 0.579. The summed E-state index contributed by atoms with van der Waals surface area (Å²) in [6.45, 7) is 2.32. The predicted octanol–water partition coefficient (Wildman–Crippen LogP) is 1.49. The summed E-state index contributed by atoms with van der Waals surface area (Å²) in [5, 5.41) is 0.674. The van der Waals surface area contributed by atoms with Crippen molar-refractivity contribution in [3.63, 3.8) is 0 Å². The predicted molar refractivity (Wildman–Crippen MR) is 93.5 cm³/mol. The van der Waals surface area contributed by atoms with E-state index >= 15 is 0 Å². The summed E-state index contributed by atoms with van der Waals surface area (Å²) in [6.07, 6.45) is 4.95. The van der Waals surface area contributed by atoms with E-state index in [9.17, 15) is 9.59 Å². The maximum absolute atomic E-state index is 12.6. The number of aromatic nitrogens is 3. The molecule has 0 aromatic carbocycles. The van der Waals surface area contributed by atoms with Gasteiger partial charge in [0.2, 0.25) is 0 Å². The number of pyridine rings is 2. The Balaban J connectivity index is 1.46. The SMILES string of the molecule is O=C(C(=O)N1CCN(c2ccccn2)CC1)c1c[nH]c2ncccc12. The van der Waals surface area contributed by atoms with Gasteiger partial charge in [0.15, 0.2) is 0 Å². The van der Waals surface area contributed by atoms with Crippen LogP contribution >= 0.6 is 0 Å². The zero-order chi connectivity index (χ0) is 17.2. The number of fused-ring (bicyclic) bond motifs is 1. The summed E-state index contributed by atoms with van der Waals surface area (Å²) in [7, 11) is 0. The molecule has 1 aliphatic rings. The van der Waals surface area contributed by atoms with Crippen LogP contribution in [0.1, 0.15) is 10.4 Å². The van der Waals surface area contributed by atoms with E-state index in [0.717, 1.165) is 5.82 Å². The number of hydrogen-bond donors (Lipinski definition) is 1. The third-order valence-corrected chi connectivity index (χ3v) is 4.43. The molecule has 7 heteroatoms. The summed E-state index contributed by atoms with van der Waals surface area (Å²) in [4.78, 5) is 40.3. The third-order valence-electron chi connectivity index (χ3n) is 4.43. The Bertz CT molecular complexity index is 913. The van der Waals surface area contributed by atoms with Crippen molar-refractivity contribution < 1.29 is 9.59 Å². The van der Waals surface area contributed by atoms with Crippen molar-refractivity contribution >= 4 is 28.5 Å². The van der Waals surface area contributed by atoms with E-state index in [2.05, 4.69) is 19.9 Å². The molecule has 0 bridgehead atoms. The first kappa shape index (κ1) is 15.3. The number of nitrogens with one attached hydrogen (secondary N) is 1. The third kappa shape index (κ3) is 2.84. The minimum Gasteiger partial charge on any atom is -0.353 e. The summed E-state index contributed by atoms with van der Waals surface area (Å²) in [6, 6.07) is 9.30. The van der Waals surface area contributed by atoms with E-state index in [0.29, 0.717) is 42.8 Å². The fourth-order valence-electron chi connectivity index (χ4n) is 3.08. The van der Waals surface area contributed by atoms with Gasteiger partial charge in [-0.15, -0.1) is 0 Å². The molecule has 0 saturated carbocycles. The monoisotopic (exact) mass is 335 g/mol. The molecule has 25 heavy (non-hydrogen) atoms. The standard InChI is InChI=1S/C18H17N5O2/c24-16(14-12-21-17-13(14)4-3-7-20-17)18(25)23-10-8-22(9-11-23)15-5-1-2-6-19-15/h1-7,12H,8-11H2,(H,20,21). The van der Waals surface area contributed by atoms with Gasteiger partial charge in [0.05, 0.1) is 5.56 Å². The zero-order valence-corrected chi connectivity index (χ0v) is 13.6. The van der Waals surface area contributed by atoms with Crippen molar-refractivity contribution in [2.45, 2.75) is 0 Å². The molecule has 4 heterocycles. The van der Waals surface area contributed by atoms with Gasteiger partial charge in [-0.25, -0.2) is 9.97 Å². The highest BCUT2D eigenvalue weighted by atomic mass is 16.2. The van der Waals surface area contributed by atoms with Crippen LogP contribution in [0.3, 0.4) is 0 Å². The second-order valence-corrected chi connectivity index (χ2v) is 5.90. The lowest BCUT2D eigenvalue weighted by molar-refractivity contribution is -0.126. The molecule has 1 aliphatic heterocycles. The van der Waals surface area contributed by atoms with Gasteiger partial charge in [-0.05, 0) is 24.3 Å². The van der Waals surface area contributed by atoms with Crippen molar-refractivity contribution in [2.75, 3.05) is 31.1 Å². The highest BCUT2D eigenvalue weighted by Crippen LogP contribution is 2.18. The first-order chi connectivity index (χ1) is 12.2. The van der Waals surface area contributed by atoms with Crippen molar-refractivity contribution in [2.24, 2.45) is 0 Å². The molecule has 3 aromatic rings. The van der Waals surface area contributed by atoms with Crippen LogP contribution in [0.2, 0.25) is 0 Å². The Hall–Kier alpha value is -3.22. The number of nitrogens with zero attached hydrogens (tertiary/aromatic N) is 4. The lowest BCUT2D eigenvalue weighted by Crippen LogP contribution is -2.50. The molecular formula is C18H17N5O2. The first-order valence-corrected chi connectivity index (χ1v) is 8.16. The van der Waals surface area contributed by atoms with E-state index in [-0.39, 0.29) is 0 Å². The summed E-state index contributed by atoms with van der Waals surface area (Å²) in [5.74, 6) is -0.0698. The molecule has 3 aromatic heterocycles. The van der Waals surface area contributed by atoms with Crippen LogP contribution in [0.15, 0.2) is 48.9 Å². The van der Waals surface area contributed by atoms with Crippen molar-refractivity contribution in [3.8, 4) is 0 Å². The molecule has 1 amide bonds. The Morgan fingerprint density at radius 3 is 2.52 bits per heavy atom. The molecule has 126 valence electrons. The Morgan fingerprint density at radius 2 is 1.76 bits per heavy atom. The van der Waals surface area contributed by atoms with E-state index < -0.39 is 11.7 Å². The Kier molecular flexibility index (Phi) is 3.89. The molecule has 0 radical (unpaired) electrons. The smallest absolute Gasteiger partial charge is 0.295 e. The van der Waals surface area contributed by atoms with Crippen LogP contribution in [0.4, 0.5) is 5.82 Å². The summed E-state index contributed by atoms with van der Waals surface area (Å²) >= 11 is 0. The molecule has 0 aliphatic carbocycles. The zero-order valence-electron chi connectivity index (χ0n) is 13.6. The maximum atomic E-state index is 12.6.